The highest BCUT2D eigenvalue weighted by Crippen LogP contribution is 2.35. The highest BCUT2D eigenvalue weighted by molar-refractivity contribution is 5.63. The Bertz CT molecular complexity index is 1020. The molecule has 3 aromatic rings. The Morgan fingerprint density at radius 3 is 2.44 bits per heavy atom. The molecule has 0 saturated carbocycles. The fraction of sp³-hybridized carbons (Fsp3) is 0.200. The van der Waals surface area contributed by atoms with Crippen LogP contribution in [0.5, 0.6) is 23.0 Å². The number of hydrogen-bond acceptors (Lipinski definition) is 6. The van der Waals surface area contributed by atoms with Crippen LogP contribution in [0.15, 0.2) is 53.3 Å². The van der Waals surface area contributed by atoms with Gasteiger partial charge in [-0.15, -0.1) is 0 Å². The molecule has 1 aliphatic heterocycles. The van der Waals surface area contributed by atoms with E-state index in [2.05, 4.69) is 5.10 Å². The Labute approximate surface area is 155 Å². The second-order valence-electron chi connectivity index (χ2n) is 6.00. The molecular formula is C20H18N2O5. The van der Waals surface area contributed by atoms with Gasteiger partial charge in [0.15, 0.2) is 11.5 Å². The molecule has 1 aliphatic rings. The number of aromatic nitrogens is 2. The predicted octanol–water partition coefficient (Wildman–Crippen LogP) is 2.70. The molecule has 4 rings (SSSR count). The third kappa shape index (κ3) is 3.44. The van der Waals surface area contributed by atoms with Crippen molar-refractivity contribution in [3.8, 4) is 34.3 Å². The van der Waals surface area contributed by atoms with Crippen LogP contribution >= 0.6 is 0 Å². The number of benzene rings is 2. The summed E-state index contributed by atoms with van der Waals surface area (Å²) in [6.07, 6.45) is 0. The number of nitrogens with zero attached hydrogens (tertiary/aromatic N) is 2. The molecule has 1 aromatic heterocycles. The van der Waals surface area contributed by atoms with Crippen LogP contribution in [-0.2, 0) is 6.54 Å². The monoisotopic (exact) mass is 366 g/mol. The van der Waals surface area contributed by atoms with Crippen LogP contribution in [0.25, 0.3) is 11.3 Å². The molecule has 7 nitrogen and oxygen atoms in total. The summed E-state index contributed by atoms with van der Waals surface area (Å²) in [6, 6.07) is 14.3. The number of ether oxygens (including phenoxy) is 4. The van der Waals surface area contributed by atoms with E-state index in [0.29, 0.717) is 35.2 Å². The second-order valence-corrected chi connectivity index (χ2v) is 6.00. The van der Waals surface area contributed by atoms with Crippen LogP contribution in [0.2, 0.25) is 0 Å². The van der Waals surface area contributed by atoms with Gasteiger partial charge in [0.05, 0.1) is 26.5 Å². The molecule has 0 amide bonds. The zero-order valence-electron chi connectivity index (χ0n) is 15.0. The fourth-order valence-corrected chi connectivity index (χ4v) is 2.90. The summed E-state index contributed by atoms with van der Waals surface area (Å²) < 4.78 is 22.7. The van der Waals surface area contributed by atoms with Crippen molar-refractivity contribution in [2.75, 3.05) is 21.0 Å². The molecule has 2 heterocycles. The summed E-state index contributed by atoms with van der Waals surface area (Å²) in [5.41, 5.74) is 2.17. The van der Waals surface area contributed by atoms with E-state index in [0.717, 1.165) is 11.1 Å². The van der Waals surface area contributed by atoms with E-state index in [1.54, 1.807) is 26.4 Å². The molecule has 0 saturated heterocycles. The first-order valence-corrected chi connectivity index (χ1v) is 8.36. The Hall–Kier alpha value is -3.48. The van der Waals surface area contributed by atoms with Gasteiger partial charge in [-0.2, -0.15) is 5.10 Å². The van der Waals surface area contributed by atoms with Crippen molar-refractivity contribution in [2.24, 2.45) is 0 Å². The molecule has 138 valence electrons. The van der Waals surface area contributed by atoms with Crippen LogP contribution in [-0.4, -0.2) is 30.8 Å². The first-order valence-electron chi connectivity index (χ1n) is 8.36. The SMILES string of the molecule is COc1cc(Cn2nc(-c3ccc4c(c3)OCO4)ccc2=O)cc(OC)c1. The van der Waals surface area contributed by atoms with Crippen LogP contribution < -0.4 is 24.5 Å². The molecule has 0 bridgehead atoms. The van der Waals surface area contributed by atoms with E-state index in [-0.39, 0.29) is 12.4 Å². The zero-order valence-corrected chi connectivity index (χ0v) is 15.0. The summed E-state index contributed by atoms with van der Waals surface area (Å²) in [6.45, 7) is 0.508. The van der Waals surface area contributed by atoms with Gasteiger partial charge in [-0.1, -0.05) is 0 Å². The van der Waals surface area contributed by atoms with Gasteiger partial charge in [-0.05, 0) is 42.0 Å². The first-order chi connectivity index (χ1) is 13.2. The van der Waals surface area contributed by atoms with Gasteiger partial charge in [0.2, 0.25) is 6.79 Å². The standard InChI is InChI=1S/C20H18N2O5/c1-24-15-7-13(8-16(10-15)25-2)11-22-20(23)6-4-17(21-22)14-3-5-18-19(9-14)27-12-26-18/h3-10H,11-12H2,1-2H3. The van der Waals surface area contributed by atoms with E-state index >= 15 is 0 Å². The average molecular weight is 366 g/mol. The van der Waals surface area contributed by atoms with Gasteiger partial charge in [-0.25, -0.2) is 4.68 Å². The van der Waals surface area contributed by atoms with Gasteiger partial charge in [0, 0.05) is 17.7 Å². The van der Waals surface area contributed by atoms with Crippen LogP contribution in [0, 0.1) is 0 Å². The highest BCUT2D eigenvalue weighted by Gasteiger charge is 2.15. The van der Waals surface area contributed by atoms with Crippen LogP contribution in [0.4, 0.5) is 0 Å². The maximum absolute atomic E-state index is 12.3. The van der Waals surface area contributed by atoms with Crippen molar-refractivity contribution in [1.29, 1.82) is 0 Å². The molecule has 0 N–H and O–H groups in total. The summed E-state index contributed by atoms with van der Waals surface area (Å²) in [7, 11) is 3.17. The predicted molar refractivity (Wildman–Crippen MR) is 98.7 cm³/mol. The van der Waals surface area contributed by atoms with E-state index in [1.807, 2.05) is 30.3 Å². The van der Waals surface area contributed by atoms with E-state index in [4.69, 9.17) is 18.9 Å². The van der Waals surface area contributed by atoms with Crippen LogP contribution in [0.1, 0.15) is 5.56 Å². The van der Waals surface area contributed by atoms with Gasteiger partial charge in [-0.3, -0.25) is 4.79 Å². The minimum absolute atomic E-state index is 0.193. The smallest absolute Gasteiger partial charge is 0.267 e. The quantitative estimate of drug-likeness (QED) is 0.691. The first kappa shape index (κ1) is 17.0. The van der Waals surface area contributed by atoms with E-state index in [9.17, 15) is 4.79 Å². The third-order valence-corrected chi connectivity index (χ3v) is 4.28. The van der Waals surface area contributed by atoms with E-state index < -0.39 is 0 Å². The number of methoxy groups -OCH3 is 2. The maximum atomic E-state index is 12.3. The zero-order chi connectivity index (χ0) is 18.8. The normalized spacial score (nSPS) is 12.1. The molecule has 0 aliphatic carbocycles. The van der Waals surface area contributed by atoms with Crippen molar-refractivity contribution in [1.82, 2.24) is 9.78 Å². The summed E-state index contributed by atoms with van der Waals surface area (Å²) >= 11 is 0. The summed E-state index contributed by atoms with van der Waals surface area (Å²) in [5, 5.41) is 4.50. The topological polar surface area (TPSA) is 71.8 Å². The van der Waals surface area contributed by atoms with Crippen molar-refractivity contribution < 1.29 is 18.9 Å². The largest absolute Gasteiger partial charge is 0.497 e. The minimum atomic E-state index is -0.193. The highest BCUT2D eigenvalue weighted by atomic mass is 16.7. The molecular weight excluding hydrogens is 348 g/mol. The lowest BCUT2D eigenvalue weighted by molar-refractivity contribution is 0.174. The Morgan fingerprint density at radius 1 is 0.963 bits per heavy atom. The Kier molecular flexibility index (Phi) is 4.42. The van der Waals surface area contributed by atoms with Crippen molar-refractivity contribution >= 4 is 0 Å². The summed E-state index contributed by atoms with van der Waals surface area (Å²) in [4.78, 5) is 12.3. The number of rotatable bonds is 5. The molecule has 2 aromatic carbocycles. The Morgan fingerprint density at radius 2 is 1.70 bits per heavy atom. The molecule has 0 fully saturated rings. The fourth-order valence-electron chi connectivity index (χ4n) is 2.90. The molecule has 0 spiro atoms. The van der Waals surface area contributed by atoms with Gasteiger partial charge >= 0.3 is 0 Å². The van der Waals surface area contributed by atoms with Crippen molar-refractivity contribution in [2.45, 2.75) is 6.54 Å². The van der Waals surface area contributed by atoms with Gasteiger partial charge in [0.1, 0.15) is 11.5 Å². The lowest BCUT2D eigenvalue weighted by atomic mass is 10.1. The van der Waals surface area contributed by atoms with Gasteiger partial charge in [0.25, 0.3) is 5.56 Å². The molecule has 27 heavy (non-hydrogen) atoms. The summed E-state index contributed by atoms with van der Waals surface area (Å²) in [5.74, 6) is 2.69. The molecule has 7 heteroatoms. The molecule has 0 radical (unpaired) electrons. The number of hydrogen-bond donors (Lipinski definition) is 0. The lowest BCUT2D eigenvalue weighted by Gasteiger charge is -2.11. The van der Waals surface area contributed by atoms with Gasteiger partial charge < -0.3 is 18.9 Å². The number of fused-ring (bicyclic) bond motifs is 1. The van der Waals surface area contributed by atoms with Crippen LogP contribution in [0.3, 0.4) is 0 Å². The van der Waals surface area contributed by atoms with Crippen molar-refractivity contribution in [3.63, 3.8) is 0 Å². The second kappa shape index (κ2) is 7.03. The minimum Gasteiger partial charge on any atom is -0.497 e. The maximum Gasteiger partial charge on any atom is 0.267 e. The molecule has 0 unspecified atom stereocenters. The van der Waals surface area contributed by atoms with Crippen molar-refractivity contribution in [3.05, 3.63) is 64.4 Å². The Balaban J connectivity index is 1.68. The lowest BCUT2D eigenvalue weighted by Crippen LogP contribution is -2.22. The third-order valence-electron chi connectivity index (χ3n) is 4.28. The van der Waals surface area contributed by atoms with E-state index in [1.165, 1.54) is 10.7 Å². The molecule has 0 atom stereocenters. The average Bonchev–Trinajstić information content (AvgIpc) is 3.17.